The highest BCUT2D eigenvalue weighted by molar-refractivity contribution is 5.85. The number of rotatable bonds is 1. The van der Waals surface area contributed by atoms with E-state index in [0.29, 0.717) is 0 Å². The van der Waals surface area contributed by atoms with Crippen molar-refractivity contribution in [2.45, 2.75) is 6.92 Å². The molecule has 7 heavy (non-hydrogen) atoms. The van der Waals surface area contributed by atoms with E-state index in [0.717, 1.165) is 0 Å². The number of aliphatic imine (C=N–C) groups is 2. The van der Waals surface area contributed by atoms with Crippen LogP contribution in [-0.4, -0.2) is 18.9 Å². The molecule has 0 aromatic carbocycles. The number of hydrogen-bond donors (Lipinski definition) is 1. The lowest BCUT2D eigenvalue weighted by Gasteiger charge is -1.75. The normalized spacial score (nSPS) is 9.29. The molecule has 0 aromatic rings. The number of amidine groups is 1. The van der Waals surface area contributed by atoms with Crippen LogP contribution in [0, 0.1) is 5.41 Å². The Morgan fingerprint density at radius 3 is 2.57 bits per heavy atom. The smallest absolute Gasteiger partial charge is 0.119 e. The molecule has 0 bridgehead atoms. The van der Waals surface area contributed by atoms with E-state index in [-0.39, 0.29) is 5.84 Å². The third-order valence-corrected chi connectivity index (χ3v) is 0.333. The van der Waals surface area contributed by atoms with Crippen molar-refractivity contribution in [3.63, 3.8) is 0 Å². The van der Waals surface area contributed by atoms with Gasteiger partial charge in [-0.05, 0) is 13.6 Å². The third kappa shape index (κ3) is 5.01. The summed E-state index contributed by atoms with van der Waals surface area (Å²) in [5.41, 5.74) is 0. The molecule has 0 aliphatic heterocycles. The molecule has 0 saturated carbocycles. The first-order valence-electron chi connectivity index (χ1n) is 1.81. The molecule has 1 N–H and O–H groups in total. The van der Waals surface area contributed by atoms with Crippen molar-refractivity contribution in [3.05, 3.63) is 0 Å². The van der Waals surface area contributed by atoms with Crippen LogP contribution in [0.3, 0.4) is 0 Å². The van der Waals surface area contributed by atoms with Crippen LogP contribution in [0.25, 0.3) is 0 Å². The lowest BCUT2D eigenvalue weighted by Crippen LogP contribution is -1.78. The Bertz CT molecular complexity index is 104. The summed E-state index contributed by atoms with van der Waals surface area (Å²) >= 11 is 0. The summed E-state index contributed by atoms with van der Waals surface area (Å²) in [4.78, 5) is 6.77. The monoisotopic (exact) mass is 97.1 g/mol. The molecule has 0 aromatic heterocycles. The van der Waals surface area contributed by atoms with Crippen LogP contribution in [-0.2, 0) is 0 Å². The van der Waals surface area contributed by atoms with Gasteiger partial charge in [-0.1, -0.05) is 0 Å². The molecule has 3 nitrogen and oxygen atoms in total. The minimum atomic E-state index is 0.243. The van der Waals surface area contributed by atoms with Gasteiger partial charge in [0, 0.05) is 0 Å². The van der Waals surface area contributed by atoms with Crippen molar-refractivity contribution in [1.82, 2.24) is 0 Å². The van der Waals surface area contributed by atoms with E-state index in [9.17, 15) is 0 Å². The minimum Gasteiger partial charge on any atom is -0.287 e. The first-order chi connectivity index (χ1) is 3.27. The van der Waals surface area contributed by atoms with Gasteiger partial charge in [-0.25, -0.2) is 4.99 Å². The molecule has 0 heterocycles. The molecule has 38 valence electrons. The maximum Gasteiger partial charge on any atom is 0.119 e. The van der Waals surface area contributed by atoms with E-state index >= 15 is 0 Å². The van der Waals surface area contributed by atoms with E-state index < -0.39 is 0 Å². The van der Waals surface area contributed by atoms with Crippen LogP contribution in [0.1, 0.15) is 6.92 Å². The van der Waals surface area contributed by atoms with Crippen LogP contribution in [0.4, 0.5) is 0 Å². The molecule has 0 aliphatic carbocycles. The predicted octanol–water partition coefficient (Wildman–Crippen LogP) is 0.712. The topological polar surface area (TPSA) is 48.6 Å². The fourth-order valence-electron chi connectivity index (χ4n) is 0.127. The molecule has 0 unspecified atom stereocenters. The second-order valence-electron chi connectivity index (χ2n) is 1.01. The molecule has 0 fully saturated rings. The third-order valence-electron chi connectivity index (χ3n) is 0.333. The standard InChI is InChI=1S/C4H7N3/c1-4(5)7-3-6-2/h3,5H,2H2,1H3. The van der Waals surface area contributed by atoms with Crippen molar-refractivity contribution < 1.29 is 0 Å². The summed E-state index contributed by atoms with van der Waals surface area (Å²) in [5, 5.41) is 6.71. The average Bonchev–Trinajstić information content (AvgIpc) is 1.61. The summed E-state index contributed by atoms with van der Waals surface area (Å²) in [6.45, 7) is 4.71. The number of hydrogen-bond acceptors (Lipinski definition) is 1. The lowest BCUT2D eigenvalue weighted by molar-refractivity contribution is 1.41. The predicted molar refractivity (Wildman–Crippen MR) is 31.4 cm³/mol. The van der Waals surface area contributed by atoms with Gasteiger partial charge in [0.25, 0.3) is 0 Å². The minimum absolute atomic E-state index is 0.243. The van der Waals surface area contributed by atoms with Crippen LogP contribution in [0.2, 0.25) is 0 Å². The molecule has 3 heteroatoms. The zero-order valence-corrected chi connectivity index (χ0v) is 4.18. The van der Waals surface area contributed by atoms with Gasteiger partial charge in [-0.3, -0.25) is 10.4 Å². The maximum absolute atomic E-state index is 6.71. The van der Waals surface area contributed by atoms with Gasteiger partial charge in [0.1, 0.15) is 12.2 Å². The maximum atomic E-state index is 6.71. The lowest BCUT2D eigenvalue weighted by atomic mass is 10.7. The molecule has 0 amide bonds. The molecule has 0 radical (unpaired) electrons. The van der Waals surface area contributed by atoms with Crippen molar-refractivity contribution in [1.29, 1.82) is 5.41 Å². The quantitative estimate of drug-likeness (QED) is 0.370. The van der Waals surface area contributed by atoms with Crippen molar-refractivity contribution in [2.75, 3.05) is 0 Å². The van der Waals surface area contributed by atoms with Crippen LogP contribution in [0.15, 0.2) is 9.98 Å². The second-order valence-corrected chi connectivity index (χ2v) is 1.01. The highest BCUT2D eigenvalue weighted by Gasteiger charge is 1.69. The Kier molecular flexibility index (Phi) is 2.76. The van der Waals surface area contributed by atoms with Gasteiger partial charge >= 0.3 is 0 Å². The van der Waals surface area contributed by atoms with Crippen molar-refractivity contribution in [3.8, 4) is 0 Å². The molecule has 0 rings (SSSR count). The number of nitrogens with one attached hydrogen (secondary N) is 1. The second kappa shape index (κ2) is 3.21. The van der Waals surface area contributed by atoms with Gasteiger partial charge in [-0.2, -0.15) is 0 Å². The molecular formula is C4H7N3. The number of nitrogens with zero attached hydrogens (tertiary/aromatic N) is 2. The van der Waals surface area contributed by atoms with E-state index in [1.807, 2.05) is 0 Å². The summed E-state index contributed by atoms with van der Waals surface area (Å²) in [5.74, 6) is 0.243. The molecular weight excluding hydrogens is 90.1 g/mol. The molecule has 0 saturated heterocycles. The highest BCUT2D eigenvalue weighted by Crippen LogP contribution is 1.67. The van der Waals surface area contributed by atoms with Gasteiger partial charge in [0.05, 0.1) is 0 Å². The van der Waals surface area contributed by atoms with Crippen LogP contribution >= 0.6 is 0 Å². The molecule has 0 spiro atoms. The van der Waals surface area contributed by atoms with E-state index in [2.05, 4.69) is 16.7 Å². The highest BCUT2D eigenvalue weighted by atomic mass is 14.9. The molecule has 0 atom stereocenters. The van der Waals surface area contributed by atoms with Gasteiger partial charge in [0.15, 0.2) is 0 Å². The molecule has 0 aliphatic rings. The zero-order chi connectivity index (χ0) is 5.70. The zero-order valence-electron chi connectivity index (χ0n) is 4.18. The van der Waals surface area contributed by atoms with E-state index in [1.54, 1.807) is 6.92 Å². The van der Waals surface area contributed by atoms with E-state index in [4.69, 9.17) is 5.41 Å². The van der Waals surface area contributed by atoms with Crippen LogP contribution < -0.4 is 0 Å². The Morgan fingerprint density at radius 2 is 2.43 bits per heavy atom. The fourth-order valence-corrected chi connectivity index (χ4v) is 0.127. The largest absolute Gasteiger partial charge is 0.287 e. The van der Waals surface area contributed by atoms with Crippen molar-refractivity contribution in [2.24, 2.45) is 9.98 Å². The Hall–Kier alpha value is -0.990. The first kappa shape index (κ1) is 6.01. The fraction of sp³-hybridized carbons (Fsp3) is 0.250. The SMILES string of the molecule is C=NC=NC(C)=N. The van der Waals surface area contributed by atoms with Gasteiger partial charge < -0.3 is 0 Å². The Morgan fingerprint density at radius 1 is 1.86 bits per heavy atom. The first-order valence-corrected chi connectivity index (χ1v) is 1.81. The average molecular weight is 97.1 g/mol. The summed E-state index contributed by atoms with van der Waals surface area (Å²) in [7, 11) is 0. The van der Waals surface area contributed by atoms with Gasteiger partial charge in [0.2, 0.25) is 0 Å². The van der Waals surface area contributed by atoms with Crippen molar-refractivity contribution >= 4 is 18.9 Å². The van der Waals surface area contributed by atoms with Gasteiger partial charge in [-0.15, -0.1) is 0 Å². The summed E-state index contributed by atoms with van der Waals surface area (Å²) in [6.07, 6.45) is 1.24. The van der Waals surface area contributed by atoms with E-state index in [1.165, 1.54) is 6.34 Å². The Labute approximate surface area is 42.3 Å². The summed E-state index contributed by atoms with van der Waals surface area (Å²) in [6, 6.07) is 0. The Balaban J connectivity index is 3.46. The summed E-state index contributed by atoms with van der Waals surface area (Å²) < 4.78 is 0. The van der Waals surface area contributed by atoms with Crippen LogP contribution in [0.5, 0.6) is 0 Å².